The van der Waals surface area contributed by atoms with Crippen molar-refractivity contribution in [2.45, 2.75) is 37.7 Å². The highest BCUT2D eigenvalue weighted by Crippen LogP contribution is 2.34. The van der Waals surface area contributed by atoms with Gasteiger partial charge in [-0.2, -0.15) is 13.2 Å². The number of halogens is 4. The van der Waals surface area contributed by atoms with Crippen LogP contribution in [0.5, 0.6) is 0 Å². The Morgan fingerprint density at radius 2 is 1.63 bits per heavy atom. The maximum atomic E-state index is 13.0. The summed E-state index contributed by atoms with van der Waals surface area (Å²) in [5, 5.41) is 0.349. The lowest BCUT2D eigenvalue weighted by Crippen LogP contribution is -2.41. The first-order chi connectivity index (χ1) is 8.51. The molecule has 0 aliphatic rings. The summed E-state index contributed by atoms with van der Waals surface area (Å²) in [5.74, 6) is 0. The van der Waals surface area contributed by atoms with Crippen molar-refractivity contribution < 1.29 is 17.4 Å². The van der Waals surface area contributed by atoms with Gasteiger partial charge in [-0.25, -0.2) is 8.93 Å². The van der Waals surface area contributed by atoms with E-state index in [1.54, 1.807) is 20.8 Å². The highest BCUT2D eigenvalue weighted by atomic mass is 35.5. The maximum absolute atomic E-state index is 13.0. The van der Waals surface area contributed by atoms with E-state index in [1.807, 2.05) is 0 Å². The van der Waals surface area contributed by atoms with Crippen LogP contribution in [0.3, 0.4) is 0 Å². The van der Waals surface area contributed by atoms with Gasteiger partial charge in [0.25, 0.3) is 0 Å². The zero-order chi connectivity index (χ0) is 14.8. The van der Waals surface area contributed by atoms with E-state index in [0.717, 1.165) is 0 Å². The van der Waals surface area contributed by atoms with Gasteiger partial charge in [0.1, 0.15) is 6.04 Å². The van der Waals surface area contributed by atoms with Gasteiger partial charge in [-0.1, -0.05) is 23.7 Å². The van der Waals surface area contributed by atoms with E-state index in [1.165, 1.54) is 24.3 Å². The van der Waals surface area contributed by atoms with Gasteiger partial charge in [0, 0.05) is 5.02 Å². The average Bonchev–Trinajstić information content (AvgIpc) is 2.24. The van der Waals surface area contributed by atoms with E-state index in [-0.39, 0.29) is 5.56 Å². The predicted molar refractivity (Wildman–Crippen MR) is 71.3 cm³/mol. The monoisotopic (exact) mass is 313 g/mol. The molecule has 0 aliphatic carbocycles. The summed E-state index contributed by atoms with van der Waals surface area (Å²) in [6.45, 7) is 4.81. The fourth-order valence-electron chi connectivity index (χ4n) is 1.26. The second-order valence-electron chi connectivity index (χ2n) is 5.03. The average molecular weight is 314 g/mol. The van der Waals surface area contributed by atoms with E-state index in [4.69, 9.17) is 11.6 Å². The van der Waals surface area contributed by atoms with Crippen molar-refractivity contribution in [2.75, 3.05) is 0 Å². The Kier molecular flexibility index (Phi) is 5.03. The fourth-order valence-corrected chi connectivity index (χ4v) is 2.23. The minimum Gasteiger partial charge on any atom is -0.242 e. The van der Waals surface area contributed by atoms with E-state index in [2.05, 4.69) is 4.72 Å². The molecule has 1 rings (SSSR count). The molecule has 2 atom stereocenters. The van der Waals surface area contributed by atoms with Crippen LogP contribution in [-0.4, -0.2) is 15.1 Å². The lowest BCUT2D eigenvalue weighted by atomic mass is 10.1. The molecule has 0 saturated heterocycles. The van der Waals surface area contributed by atoms with Crippen molar-refractivity contribution in [3.63, 3.8) is 0 Å². The molecule has 0 bridgehead atoms. The van der Waals surface area contributed by atoms with Crippen LogP contribution in [-0.2, 0) is 11.0 Å². The summed E-state index contributed by atoms with van der Waals surface area (Å²) >= 11 is 5.65. The zero-order valence-corrected chi connectivity index (χ0v) is 12.3. The Hall–Kier alpha value is -0.590. The standard InChI is InChI=1S/C12H15ClF3NOS/c1-11(2,3)19(18)17-10(12(14,15)16)8-4-6-9(13)7-5-8/h4-7,10,17H,1-3H3/t10-,19+/m0/s1. The van der Waals surface area contributed by atoms with Crippen LogP contribution in [0.15, 0.2) is 24.3 Å². The Balaban J connectivity index is 3.04. The summed E-state index contributed by atoms with van der Waals surface area (Å²) in [5.41, 5.74) is -0.0190. The van der Waals surface area contributed by atoms with Gasteiger partial charge in [0.15, 0.2) is 0 Å². The third-order valence-electron chi connectivity index (χ3n) is 2.31. The van der Waals surface area contributed by atoms with Gasteiger partial charge >= 0.3 is 6.18 Å². The summed E-state index contributed by atoms with van der Waals surface area (Å²) in [6.07, 6.45) is -4.53. The minimum atomic E-state index is -4.53. The topological polar surface area (TPSA) is 29.1 Å². The molecule has 0 heterocycles. The lowest BCUT2D eigenvalue weighted by Gasteiger charge is -2.26. The smallest absolute Gasteiger partial charge is 0.242 e. The Morgan fingerprint density at radius 3 is 2.00 bits per heavy atom. The molecule has 0 unspecified atom stereocenters. The quantitative estimate of drug-likeness (QED) is 0.898. The molecule has 19 heavy (non-hydrogen) atoms. The number of rotatable bonds is 3. The van der Waals surface area contributed by atoms with Gasteiger partial charge in [-0.3, -0.25) is 0 Å². The largest absolute Gasteiger partial charge is 0.408 e. The molecular weight excluding hydrogens is 299 g/mol. The number of hydrogen-bond acceptors (Lipinski definition) is 1. The first kappa shape index (κ1) is 16.5. The summed E-state index contributed by atoms with van der Waals surface area (Å²) in [4.78, 5) is 0. The molecule has 1 aromatic carbocycles. The van der Waals surface area contributed by atoms with Crippen molar-refractivity contribution in [3.05, 3.63) is 34.9 Å². The van der Waals surface area contributed by atoms with E-state index in [0.29, 0.717) is 5.02 Å². The third kappa shape index (κ3) is 4.78. The van der Waals surface area contributed by atoms with Gasteiger partial charge in [0.2, 0.25) is 0 Å². The van der Waals surface area contributed by atoms with Crippen molar-refractivity contribution in [2.24, 2.45) is 0 Å². The molecule has 2 nitrogen and oxygen atoms in total. The minimum absolute atomic E-state index is 0.0190. The molecule has 1 N–H and O–H groups in total. The first-order valence-corrected chi connectivity index (χ1v) is 7.05. The third-order valence-corrected chi connectivity index (χ3v) is 4.13. The summed E-state index contributed by atoms with van der Waals surface area (Å²) in [7, 11) is -1.82. The van der Waals surface area contributed by atoms with Crippen LogP contribution in [0.25, 0.3) is 0 Å². The molecular formula is C12H15ClF3NOS. The van der Waals surface area contributed by atoms with Crippen LogP contribution in [0.4, 0.5) is 13.2 Å². The molecule has 0 amide bonds. The summed E-state index contributed by atoms with van der Waals surface area (Å²) < 4.78 is 52.3. The molecule has 7 heteroatoms. The second kappa shape index (κ2) is 5.81. The molecule has 108 valence electrons. The highest BCUT2D eigenvalue weighted by molar-refractivity contribution is 7.84. The van der Waals surface area contributed by atoms with Gasteiger partial charge in [0.05, 0.1) is 15.7 Å². The Bertz CT molecular complexity index is 454. The van der Waals surface area contributed by atoms with Crippen molar-refractivity contribution in [3.8, 4) is 0 Å². The van der Waals surface area contributed by atoms with Crippen LogP contribution in [0, 0.1) is 0 Å². The maximum Gasteiger partial charge on any atom is 0.408 e. The van der Waals surface area contributed by atoms with E-state index < -0.39 is 28.0 Å². The molecule has 0 spiro atoms. The number of alkyl halides is 3. The molecule has 0 aromatic heterocycles. The molecule has 0 saturated carbocycles. The van der Waals surface area contributed by atoms with E-state index >= 15 is 0 Å². The molecule has 0 radical (unpaired) electrons. The van der Waals surface area contributed by atoms with Gasteiger partial charge in [-0.15, -0.1) is 0 Å². The Morgan fingerprint density at radius 1 is 1.16 bits per heavy atom. The highest BCUT2D eigenvalue weighted by Gasteiger charge is 2.42. The van der Waals surface area contributed by atoms with E-state index in [9.17, 15) is 17.4 Å². The zero-order valence-electron chi connectivity index (χ0n) is 10.7. The Labute approximate surface area is 117 Å². The lowest BCUT2D eigenvalue weighted by molar-refractivity contribution is -0.152. The predicted octanol–water partition coefficient (Wildman–Crippen LogP) is 4.00. The summed E-state index contributed by atoms with van der Waals surface area (Å²) in [6, 6.07) is 3.31. The SMILES string of the molecule is CC(C)(C)[S@@](=O)N[C@@H](c1ccc(Cl)cc1)C(F)(F)F. The van der Waals surface area contributed by atoms with Crippen LogP contribution < -0.4 is 4.72 Å². The molecule has 0 aliphatic heterocycles. The first-order valence-electron chi connectivity index (χ1n) is 5.52. The van der Waals surface area contributed by atoms with Gasteiger partial charge < -0.3 is 0 Å². The number of hydrogen-bond donors (Lipinski definition) is 1. The number of nitrogens with one attached hydrogen (secondary N) is 1. The van der Waals surface area contributed by atoms with Crippen molar-refractivity contribution in [1.29, 1.82) is 0 Å². The van der Waals surface area contributed by atoms with Crippen molar-refractivity contribution in [1.82, 2.24) is 4.72 Å². The van der Waals surface area contributed by atoms with Crippen LogP contribution >= 0.6 is 11.6 Å². The normalized spacial score (nSPS) is 16.2. The van der Waals surface area contributed by atoms with Crippen molar-refractivity contribution >= 4 is 22.6 Å². The fraction of sp³-hybridized carbons (Fsp3) is 0.500. The van der Waals surface area contributed by atoms with Crippen LogP contribution in [0.2, 0.25) is 5.02 Å². The second-order valence-corrected chi connectivity index (χ2v) is 7.46. The number of benzene rings is 1. The molecule has 0 fully saturated rings. The molecule has 1 aromatic rings. The van der Waals surface area contributed by atoms with Gasteiger partial charge in [-0.05, 0) is 38.5 Å². The van der Waals surface area contributed by atoms with Crippen LogP contribution in [0.1, 0.15) is 32.4 Å².